The van der Waals surface area contributed by atoms with Gasteiger partial charge in [0.05, 0.1) is 0 Å². The van der Waals surface area contributed by atoms with Crippen LogP contribution in [0.1, 0.15) is 51.1 Å². The van der Waals surface area contributed by atoms with Crippen LogP contribution < -0.4 is 10.6 Å². The van der Waals surface area contributed by atoms with Gasteiger partial charge in [0.2, 0.25) is 0 Å². The molecule has 1 amide bonds. The molecule has 0 unspecified atom stereocenters. The third kappa shape index (κ3) is 6.10. The lowest BCUT2D eigenvalue weighted by molar-refractivity contribution is 0.0527. The number of hydrogen-bond donors (Lipinski definition) is 2. The van der Waals surface area contributed by atoms with Crippen LogP contribution in [0.5, 0.6) is 0 Å². The van der Waals surface area contributed by atoms with Crippen LogP contribution in [0.25, 0.3) is 0 Å². The van der Waals surface area contributed by atoms with Crippen LogP contribution in [-0.2, 0) is 17.8 Å². The van der Waals surface area contributed by atoms with E-state index in [9.17, 15) is 4.79 Å². The standard InChI is InChI=1S/C17H31N3O2/c1-7-20-13(2)11-15(14(20)3)12-18-9-8-10-19-16(21)22-17(4,5)6/h11,18H,7-10,12H2,1-6H3,(H,19,21). The Bertz CT molecular complexity index is 487. The number of carbonyl (C=O) groups excluding carboxylic acids is 1. The van der Waals surface area contributed by atoms with Crippen LogP contribution in [0, 0.1) is 13.8 Å². The van der Waals surface area contributed by atoms with Crippen molar-refractivity contribution in [2.75, 3.05) is 13.1 Å². The van der Waals surface area contributed by atoms with Crippen molar-refractivity contribution in [3.63, 3.8) is 0 Å². The molecule has 1 rings (SSSR count). The van der Waals surface area contributed by atoms with Gasteiger partial charge < -0.3 is 19.9 Å². The Kier molecular flexibility index (Phi) is 6.94. The number of aromatic nitrogens is 1. The summed E-state index contributed by atoms with van der Waals surface area (Å²) in [6.45, 7) is 15.4. The van der Waals surface area contributed by atoms with Gasteiger partial charge in [0, 0.05) is 31.0 Å². The highest BCUT2D eigenvalue weighted by molar-refractivity contribution is 5.67. The maximum absolute atomic E-state index is 11.5. The molecule has 5 heteroatoms. The molecule has 1 aromatic heterocycles. The predicted molar refractivity (Wildman–Crippen MR) is 90.1 cm³/mol. The van der Waals surface area contributed by atoms with Gasteiger partial charge in [-0.15, -0.1) is 0 Å². The summed E-state index contributed by atoms with van der Waals surface area (Å²) in [7, 11) is 0. The zero-order valence-corrected chi connectivity index (χ0v) is 14.9. The van der Waals surface area contributed by atoms with Crippen LogP contribution in [-0.4, -0.2) is 29.4 Å². The maximum Gasteiger partial charge on any atom is 0.407 e. The summed E-state index contributed by atoms with van der Waals surface area (Å²) >= 11 is 0. The molecule has 0 fully saturated rings. The molecule has 1 heterocycles. The van der Waals surface area contributed by atoms with Gasteiger partial charge in [0.1, 0.15) is 5.60 Å². The van der Waals surface area contributed by atoms with Crippen molar-refractivity contribution >= 4 is 6.09 Å². The number of nitrogens with zero attached hydrogens (tertiary/aromatic N) is 1. The van der Waals surface area contributed by atoms with E-state index < -0.39 is 5.60 Å². The van der Waals surface area contributed by atoms with E-state index in [-0.39, 0.29) is 6.09 Å². The van der Waals surface area contributed by atoms with E-state index in [1.165, 1.54) is 17.0 Å². The highest BCUT2D eigenvalue weighted by Gasteiger charge is 2.15. The minimum absolute atomic E-state index is 0.348. The van der Waals surface area contributed by atoms with E-state index in [1.54, 1.807) is 0 Å². The van der Waals surface area contributed by atoms with Crippen molar-refractivity contribution in [2.45, 2.75) is 66.7 Å². The second-order valence-corrected chi connectivity index (χ2v) is 6.60. The fourth-order valence-electron chi connectivity index (χ4n) is 2.48. The van der Waals surface area contributed by atoms with Gasteiger partial charge in [-0.05, 0) is 66.1 Å². The molecule has 0 saturated carbocycles. The molecule has 0 aromatic carbocycles. The molecule has 126 valence electrons. The molecule has 0 radical (unpaired) electrons. The van der Waals surface area contributed by atoms with Crippen LogP contribution >= 0.6 is 0 Å². The van der Waals surface area contributed by atoms with E-state index in [0.717, 1.165) is 26.1 Å². The zero-order valence-electron chi connectivity index (χ0n) is 14.9. The third-order valence-corrected chi connectivity index (χ3v) is 3.51. The van der Waals surface area contributed by atoms with E-state index in [2.05, 4.69) is 42.0 Å². The second kappa shape index (κ2) is 8.22. The van der Waals surface area contributed by atoms with Crippen molar-refractivity contribution in [3.05, 3.63) is 23.0 Å². The van der Waals surface area contributed by atoms with Gasteiger partial charge in [0.25, 0.3) is 0 Å². The molecular formula is C17H31N3O2. The monoisotopic (exact) mass is 309 g/mol. The minimum atomic E-state index is -0.440. The predicted octanol–water partition coefficient (Wildman–Crippen LogP) is 3.13. The molecule has 0 aliphatic carbocycles. The average molecular weight is 309 g/mol. The quantitative estimate of drug-likeness (QED) is 0.761. The minimum Gasteiger partial charge on any atom is -0.444 e. The molecular weight excluding hydrogens is 278 g/mol. The average Bonchev–Trinajstić information content (AvgIpc) is 2.66. The normalized spacial score (nSPS) is 11.5. The molecule has 5 nitrogen and oxygen atoms in total. The number of ether oxygens (including phenoxy) is 1. The fraction of sp³-hybridized carbons (Fsp3) is 0.706. The molecule has 0 spiro atoms. The summed E-state index contributed by atoms with van der Waals surface area (Å²) in [5, 5.41) is 6.19. The summed E-state index contributed by atoms with van der Waals surface area (Å²) in [5.41, 5.74) is 3.55. The van der Waals surface area contributed by atoms with Gasteiger partial charge in [-0.3, -0.25) is 0 Å². The van der Waals surface area contributed by atoms with E-state index in [1.807, 2.05) is 20.8 Å². The molecule has 0 aliphatic rings. The second-order valence-electron chi connectivity index (χ2n) is 6.60. The molecule has 2 N–H and O–H groups in total. The smallest absolute Gasteiger partial charge is 0.407 e. The van der Waals surface area contributed by atoms with Gasteiger partial charge in [-0.25, -0.2) is 4.79 Å². The van der Waals surface area contributed by atoms with Gasteiger partial charge in [0.15, 0.2) is 0 Å². The van der Waals surface area contributed by atoms with Crippen molar-refractivity contribution in [3.8, 4) is 0 Å². The first-order valence-electron chi connectivity index (χ1n) is 8.07. The lowest BCUT2D eigenvalue weighted by atomic mass is 10.2. The van der Waals surface area contributed by atoms with E-state index in [0.29, 0.717) is 6.54 Å². The number of rotatable bonds is 7. The summed E-state index contributed by atoms with van der Waals surface area (Å²) < 4.78 is 7.50. The lowest BCUT2D eigenvalue weighted by Gasteiger charge is -2.19. The fourth-order valence-corrected chi connectivity index (χ4v) is 2.48. The zero-order chi connectivity index (χ0) is 16.8. The molecule has 1 aromatic rings. The summed E-state index contributed by atoms with van der Waals surface area (Å²) in [5.74, 6) is 0. The van der Waals surface area contributed by atoms with Gasteiger partial charge in [-0.1, -0.05) is 0 Å². The Balaban J connectivity index is 2.20. The highest BCUT2D eigenvalue weighted by Crippen LogP contribution is 2.14. The third-order valence-electron chi connectivity index (χ3n) is 3.51. The summed E-state index contributed by atoms with van der Waals surface area (Å²) in [6, 6.07) is 2.24. The molecule has 0 saturated heterocycles. The first kappa shape index (κ1) is 18.6. The maximum atomic E-state index is 11.5. The molecule has 22 heavy (non-hydrogen) atoms. The van der Waals surface area contributed by atoms with E-state index in [4.69, 9.17) is 4.74 Å². The number of alkyl carbamates (subject to hydrolysis) is 1. The van der Waals surface area contributed by atoms with Crippen LogP contribution in [0.3, 0.4) is 0 Å². The lowest BCUT2D eigenvalue weighted by Crippen LogP contribution is -2.33. The van der Waals surface area contributed by atoms with Crippen molar-refractivity contribution < 1.29 is 9.53 Å². The molecule has 0 atom stereocenters. The van der Waals surface area contributed by atoms with Crippen molar-refractivity contribution in [2.24, 2.45) is 0 Å². The largest absolute Gasteiger partial charge is 0.444 e. The first-order valence-corrected chi connectivity index (χ1v) is 8.07. The van der Waals surface area contributed by atoms with Crippen molar-refractivity contribution in [1.82, 2.24) is 15.2 Å². The summed E-state index contributed by atoms with van der Waals surface area (Å²) in [4.78, 5) is 11.5. The topological polar surface area (TPSA) is 55.3 Å². The van der Waals surface area contributed by atoms with E-state index >= 15 is 0 Å². The van der Waals surface area contributed by atoms with Crippen LogP contribution in [0.4, 0.5) is 4.79 Å². The Morgan fingerprint density at radius 1 is 1.27 bits per heavy atom. The molecule has 0 aliphatic heterocycles. The molecule has 0 bridgehead atoms. The number of aryl methyl sites for hydroxylation is 1. The van der Waals surface area contributed by atoms with Crippen LogP contribution in [0.2, 0.25) is 0 Å². The Hall–Kier alpha value is -1.49. The van der Waals surface area contributed by atoms with Crippen molar-refractivity contribution in [1.29, 1.82) is 0 Å². The summed E-state index contributed by atoms with van der Waals surface area (Å²) in [6.07, 6.45) is 0.533. The SMILES string of the molecule is CCn1c(C)cc(CNCCCNC(=O)OC(C)(C)C)c1C. The first-order chi connectivity index (χ1) is 10.2. The Morgan fingerprint density at radius 3 is 2.50 bits per heavy atom. The number of amides is 1. The number of nitrogens with one attached hydrogen (secondary N) is 2. The van der Waals surface area contributed by atoms with Crippen LogP contribution in [0.15, 0.2) is 6.07 Å². The number of hydrogen-bond acceptors (Lipinski definition) is 3. The Morgan fingerprint density at radius 2 is 1.95 bits per heavy atom. The Labute approximate surface area is 134 Å². The van der Waals surface area contributed by atoms with Gasteiger partial charge >= 0.3 is 6.09 Å². The number of carbonyl (C=O) groups is 1. The van der Waals surface area contributed by atoms with Gasteiger partial charge in [-0.2, -0.15) is 0 Å². The highest BCUT2D eigenvalue weighted by atomic mass is 16.6.